The van der Waals surface area contributed by atoms with Gasteiger partial charge in [-0.15, -0.1) is 0 Å². The van der Waals surface area contributed by atoms with E-state index in [1.165, 1.54) is 11.0 Å². The Kier molecular flexibility index (Phi) is 13.6. The number of urea groups is 2. The first-order valence-electron chi connectivity index (χ1n) is 18.3. The van der Waals surface area contributed by atoms with Crippen LogP contribution in [0.25, 0.3) is 10.8 Å². The number of carbonyl (C=O) groups is 3. The molecule has 55 heavy (non-hydrogen) atoms. The number of alkyl halides is 3. The first kappa shape index (κ1) is 40.8. The first-order chi connectivity index (χ1) is 26.2. The number of aliphatic hydroxyl groups is 1. The Balaban J connectivity index is 1.35. The smallest absolute Gasteiger partial charge is 0.416 e. The summed E-state index contributed by atoms with van der Waals surface area (Å²) in [6.45, 7) is 6.03. The van der Waals surface area contributed by atoms with Gasteiger partial charge in [-0.05, 0) is 87.0 Å². The average Bonchev–Trinajstić information content (AvgIpc) is 3.15. The maximum Gasteiger partial charge on any atom is 0.416 e. The lowest BCUT2D eigenvalue weighted by Crippen LogP contribution is -2.48. The molecule has 0 bridgehead atoms. The van der Waals surface area contributed by atoms with Crippen LogP contribution in [-0.2, 0) is 10.9 Å². The molecule has 14 heteroatoms. The Bertz CT molecular complexity index is 1940. The van der Waals surface area contributed by atoms with Gasteiger partial charge in [0.1, 0.15) is 5.75 Å². The fourth-order valence-corrected chi connectivity index (χ4v) is 6.40. The molecule has 1 aliphatic heterocycles. The molecule has 0 aliphatic carbocycles. The molecule has 5 amide bonds. The van der Waals surface area contributed by atoms with Crippen LogP contribution >= 0.6 is 0 Å². The van der Waals surface area contributed by atoms with Gasteiger partial charge in [0.2, 0.25) is 0 Å². The van der Waals surface area contributed by atoms with Gasteiger partial charge in [-0.25, -0.2) is 9.59 Å². The first-order valence-corrected chi connectivity index (χ1v) is 18.3. The van der Waals surface area contributed by atoms with Crippen LogP contribution in [0.1, 0.15) is 56.0 Å². The van der Waals surface area contributed by atoms with Gasteiger partial charge >= 0.3 is 18.2 Å². The number of nitrogens with one attached hydrogen (secondary N) is 3. The van der Waals surface area contributed by atoms with Crippen molar-refractivity contribution in [2.45, 2.75) is 64.5 Å². The van der Waals surface area contributed by atoms with Gasteiger partial charge in [-0.2, -0.15) is 13.2 Å². The van der Waals surface area contributed by atoms with Crippen molar-refractivity contribution in [3.05, 3.63) is 96.1 Å². The molecule has 0 aromatic heterocycles. The minimum absolute atomic E-state index is 0.141. The molecule has 11 nitrogen and oxygen atoms in total. The van der Waals surface area contributed by atoms with Crippen molar-refractivity contribution in [3.63, 3.8) is 0 Å². The van der Waals surface area contributed by atoms with Crippen molar-refractivity contribution >= 4 is 45.8 Å². The minimum Gasteiger partial charge on any atom is -0.490 e. The van der Waals surface area contributed by atoms with E-state index in [1.807, 2.05) is 56.3 Å². The second-order valence-electron chi connectivity index (χ2n) is 14.0. The molecule has 0 fully saturated rings. The van der Waals surface area contributed by atoms with Crippen molar-refractivity contribution in [1.82, 2.24) is 9.80 Å². The third kappa shape index (κ3) is 10.9. The monoisotopic (exact) mass is 763 g/mol. The van der Waals surface area contributed by atoms with Crippen LogP contribution in [0.2, 0.25) is 0 Å². The van der Waals surface area contributed by atoms with Crippen LogP contribution in [-0.4, -0.2) is 84.5 Å². The van der Waals surface area contributed by atoms with Gasteiger partial charge in [0.05, 0.1) is 41.7 Å². The predicted molar refractivity (Wildman–Crippen MR) is 207 cm³/mol. The Morgan fingerprint density at radius 1 is 0.945 bits per heavy atom. The molecule has 294 valence electrons. The quantitative estimate of drug-likeness (QED) is 0.149. The highest BCUT2D eigenvalue weighted by atomic mass is 19.4. The summed E-state index contributed by atoms with van der Waals surface area (Å²) in [6, 6.07) is 20.5. The Morgan fingerprint density at radius 3 is 2.36 bits per heavy atom. The predicted octanol–water partition coefficient (Wildman–Crippen LogP) is 8.46. The molecule has 4 aromatic rings. The minimum atomic E-state index is -4.51. The van der Waals surface area contributed by atoms with E-state index in [4.69, 9.17) is 9.47 Å². The highest BCUT2D eigenvalue weighted by molar-refractivity contribution is 6.03. The number of aliphatic hydroxyl groups excluding tert-OH is 1. The van der Waals surface area contributed by atoms with Crippen LogP contribution in [0.5, 0.6) is 5.75 Å². The van der Waals surface area contributed by atoms with E-state index in [0.717, 1.165) is 47.9 Å². The van der Waals surface area contributed by atoms with Crippen LogP contribution in [0.3, 0.4) is 0 Å². The maximum absolute atomic E-state index is 14.4. The normalized spacial score (nSPS) is 19.0. The standard InChI is InChI=1S/C41H48F3N5O6/c1-26-23-49(27(2)25-50)38(51)34-22-32(46-39(52)45-31-17-15-30(16-18-31)41(42,43)44)19-20-36(34)55-28(3)10-7-8-21-54-37(26)24-48(4)40(53)47-35-14-9-12-29-11-5-6-13-33(29)35/h5-6,9,11-20,22,26-28,37,50H,7-8,10,21,23-25H2,1-4H3,(H,47,53)(H2,45,46,52)/t26-,27-,28-,37+/m0/s1. The number of amides is 5. The summed E-state index contributed by atoms with van der Waals surface area (Å²) in [5, 5.41) is 20.4. The summed E-state index contributed by atoms with van der Waals surface area (Å²) in [4.78, 5) is 43.9. The van der Waals surface area contributed by atoms with E-state index in [-0.39, 0.29) is 54.7 Å². The zero-order valence-electron chi connectivity index (χ0n) is 31.4. The van der Waals surface area contributed by atoms with Crippen LogP contribution < -0.4 is 20.7 Å². The number of nitrogens with zero attached hydrogens (tertiary/aromatic N) is 2. The van der Waals surface area contributed by atoms with E-state index < -0.39 is 35.8 Å². The van der Waals surface area contributed by atoms with Crippen molar-refractivity contribution in [1.29, 1.82) is 0 Å². The lowest BCUT2D eigenvalue weighted by molar-refractivity contribution is -0.137. The Labute approximate surface area is 318 Å². The lowest BCUT2D eigenvalue weighted by Gasteiger charge is -2.35. The third-order valence-corrected chi connectivity index (χ3v) is 9.61. The van der Waals surface area contributed by atoms with Crippen LogP contribution in [0, 0.1) is 5.92 Å². The van der Waals surface area contributed by atoms with E-state index in [1.54, 1.807) is 31.0 Å². The molecule has 1 aliphatic rings. The lowest BCUT2D eigenvalue weighted by atomic mass is 10.0. The number of anilines is 3. The summed E-state index contributed by atoms with van der Waals surface area (Å²) in [5.41, 5.74) is 0.360. The van der Waals surface area contributed by atoms with Gasteiger partial charge in [-0.1, -0.05) is 43.3 Å². The number of rotatable bonds is 7. The number of ether oxygens (including phenoxy) is 2. The van der Waals surface area contributed by atoms with E-state index in [2.05, 4.69) is 16.0 Å². The van der Waals surface area contributed by atoms with Crippen molar-refractivity contribution in [2.75, 3.05) is 49.3 Å². The molecule has 4 aromatic carbocycles. The molecule has 5 rings (SSSR count). The molecular weight excluding hydrogens is 715 g/mol. The van der Waals surface area contributed by atoms with E-state index in [9.17, 15) is 32.7 Å². The number of hydrogen-bond acceptors (Lipinski definition) is 6. The molecule has 0 unspecified atom stereocenters. The number of likely N-dealkylation sites (N-methyl/N-ethyl adjacent to an activating group) is 1. The molecule has 4 N–H and O–H groups in total. The average molecular weight is 764 g/mol. The summed E-state index contributed by atoms with van der Waals surface area (Å²) in [6.07, 6.45) is -3.08. The molecular formula is C41H48F3N5O6. The van der Waals surface area contributed by atoms with Crippen molar-refractivity contribution in [2.24, 2.45) is 5.92 Å². The molecule has 0 saturated heterocycles. The number of fused-ring (bicyclic) bond motifs is 2. The molecule has 1 heterocycles. The summed E-state index contributed by atoms with van der Waals surface area (Å²) in [7, 11) is 1.69. The second-order valence-corrected chi connectivity index (χ2v) is 14.0. The highest BCUT2D eigenvalue weighted by Gasteiger charge is 2.32. The third-order valence-electron chi connectivity index (χ3n) is 9.61. The van der Waals surface area contributed by atoms with Gasteiger partial charge < -0.3 is 40.3 Å². The van der Waals surface area contributed by atoms with Crippen LogP contribution in [0.4, 0.5) is 39.8 Å². The topological polar surface area (TPSA) is 132 Å². The van der Waals surface area contributed by atoms with Crippen molar-refractivity contribution in [3.8, 4) is 5.75 Å². The number of hydrogen-bond donors (Lipinski definition) is 4. The zero-order valence-corrected chi connectivity index (χ0v) is 31.4. The zero-order chi connectivity index (χ0) is 39.7. The fraction of sp³-hybridized carbons (Fsp3) is 0.390. The van der Waals surface area contributed by atoms with E-state index in [0.29, 0.717) is 24.5 Å². The van der Waals surface area contributed by atoms with Gasteiger partial charge in [0.15, 0.2) is 0 Å². The number of benzene rings is 4. The summed E-state index contributed by atoms with van der Waals surface area (Å²) in [5.74, 6) is -0.461. The molecule has 4 atom stereocenters. The van der Waals surface area contributed by atoms with Crippen LogP contribution in [0.15, 0.2) is 84.9 Å². The Morgan fingerprint density at radius 2 is 1.64 bits per heavy atom. The summed E-state index contributed by atoms with van der Waals surface area (Å²) < 4.78 is 51.6. The molecule has 0 spiro atoms. The van der Waals surface area contributed by atoms with Gasteiger partial charge in [0, 0.05) is 49.4 Å². The van der Waals surface area contributed by atoms with Gasteiger partial charge in [-0.3, -0.25) is 4.79 Å². The summed E-state index contributed by atoms with van der Waals surface area (Å²) >= 11 is 0. The maximum atomic E-state index is 14.4. The highest BCUT2D eigenvalue weighted by Crippen LogP contribution is 2.31. The molecule has 0 saturated carbocycles. The van der Waals surface area contributed by atoms with E-state index >= 15 is 0 Å². The largest absolute Gasteiger partial charge is 0.490 e. The van der Waals surface area contributed by atoms with Gasteiger partial charge in [0.25, 0.3) is 5.91 Å². The SMILES string of the molecule is C[C@H]1CCCCO[C@H](CN(C)C(=O)Nc2cccc3ccccc23)[C@@H](C)CN([C@@H](C)CO)C(=O)c2cc(NC(=O)Nc3ccc(C(F)(F)F)cc3)ccc2O1. The Hall–Kier alpha value is -5.34. The molecule has 0 radical (unpaired) electrons. The second kappa shape index (κ2) is 18.3. The fourth-order valence-electron chi connectivity index (χ4n) is 6.40. The number of halogens is 3. The number of carbonyl (C=O) groups excluding carboxylic acids is 3. The van der Waals surface area contributed by atoms with Crippen molar-refractivity contribution < 1.29 is 42.1 Å².